The van der Waals surface area contributed by atoms with Gasteiger partial charge in [0.25, 0.3) is 10.0 Å². The lowest BCUT2D eigenvalue weighted by atomic mass is 9.91. The lowest BCUT2D eigenvalue weighted by molar-refractivity contribution is -0.458. The molecule has 27 heteroatoms. The van der Waals surface area contributed by atoms with Gasteiger partial charge in [-0.2, -0.15) is 78.9 Å². The zero-order valence-electron chi connectivity index (χ0n) is 24.2. The van der Waals surface area contributed by atoms with E-state index in [1.54, 1.807) is 0 Å². The van der Waals surface area contributed by atoms with E-state index in [2.05, 4.69) is 0 Å². The molecule has 0 aliphatic heterocycles. The molecule has 0 amide bonds. The Morgan fingerprint density at radius 1 is 0.681 bits per heavy atom. The first kappa shape index (κ1) is 45.7. The number of aliphatic hydroxyl groups is 1. The third-order valence-corrected chi connectivity index (χ3v) is 11.0. The summed E-state index contributed by atoms with van der Waals surface area (Å²) in [6, 6.07) is 0.0713. The molecule has 1 unspecified atom stereocenters. The van der Waals surface area contributed by atoms with Gasteiger partial charge in [-0.25, -0.2) is 8.42 Å². The van der Waals surface area contributed by atoms with Crippen LogP contribution < -0.4 is 0 Å². The van der Waals surface area contributed by atoms with E-state index in [0.29, 0.717) is 0 Å². The highest BCUT2D eigenvalue weighted by molar-refractivity contribution is 7.90. The van der Waals surface area contributed by atoms with Crippen LogP contribution in [-0.2, 0) is 28.0 Å². The summed E-state index contributed by atoms with van der Waals surface area (Å²) in [7, 11) is -6.98. The average molecular weight is 778 g/mol. The monoisotopic (exact) mass is 777 g/mol. The predicted octanol–water partition coefficient (Wildman–Crippen LogP) is 5.64. The molecule has 0 saturated carbocycles. The topological polar surface area (TPSA) is 94.5 Å². The number of hydrogen-bond donors (Lipinski definition) is 1. The van der Waals surface area contributed by atoms with Crippen LogP contribution in [0, 0.1) is 0 Å². The van der Waals surface area contributed by atoms with Crippen molar-refractivity contribution in [1.82, 2.24) is 4.31 Å². The van der Waals surface area contributed by atoms with E-state index >= 15 is 0 Å². The summed E-state index contributed by atoms with van der Waals surface area (Å²) in [5, 5.41) is 2.25. The third-order valence-electron chi connectivity index (χ3n) is 6.26. The van der Waals surface area contributed by atoms with Crippen LogP contribution >= 0.6 is 0 Å². The molecule has 0 bridgehead atoms. The molecular formula is C20H28F17NO7SSi. The summed E-state index contributed by atoms with van der Waals surface area (Å²) in [4.78, 5) is 0. The summed E-state index contributed by atoms with van der Waals surface area (Å²) in [5.74, 6) is -52.1. The van der Waals surface area contributed by atoms with Crippen LogP contribution in [0.15, 0.2) is 0 Å². The lowest BCUT2D eigenvalue weighted by Gasteiger charge is -2.43. The maximum Gasteiger partial charge on any atom is 0.500 e. The number of aliphatic hydroxyl groups excluding tert-OH is 1. The van der Waals surface area contributed by atoms with Crippen molar-refractivity contribution in [2.75, 3.05) is 47.6 Å². The van der Waals surface area contributed by atoms with Gasteiger partial charge in [-0.15, -0.1) is 0 Å². The highest BCUT2D eigenvalue weighted by Crippen LogP contribution is 2.64. The largest absolute Gasteiger partial charge is 0.500 e. The zero-order valence-corrected chi connectivity index (χ0v) is 26.0. The van der Waals surface area contributed by atoms with Crippen LogP contribution in [-0.4, -0.2) is 127 Å². The van der Waals surface area contributed by atoms with Crippen LogP contribution in [0.2, 0.25) is 6.04 Å². The number of rotatable bonds is 21. The second-order valence-electron chi connectivity index (χ2n) is 9.45. The van der Waals surface area contributed by atoms with E-state index in [-0.39, 0.29) is 19.1 Å². The molecule has 0 aromatic carbocycles. The second-order valence-corrected chi connectivity index (χ2v) is 14.5. The number of hydrogen-bond acceptors (Lipinski definition) is 7. The molecule has 8 nitrogen and oxygen atoms in total. The fourth-order valence-corrected chi connectivity index (χ4v) is 6.74. The van der Waals surface area contributed by atoms with Crippen molar-refractivity contribution in [2.45, 2.75) is 78.9 Å². The molecule has 0 spiro atoms. The number of alkyl halides is 17. The van der Waals surface area contributed by atoms with Crippen molar-refractivity contribution in [2.24, 2.45) is 0 Å². The van der Waals surface area contributed by atoms with E-state index in [9.17, 15) is 88.2 Å². The SMILES string of the molecule is CCCN(CC(O)COCCC[Si](OC)(OC)OC)S(=O)(=O)C(F)(F)C(F)(F)C(F)(F)C(F)(F)C(F)(F)C(F)(F)C(F)(F)C(F)(F)F. The molecule has 0 heterocycles. The molecule has 1 atom stereocenters. The van der Waals surface area contributed by atoms with E-state index in [1.165, 1.54) is 21.3 Å². The summed E-state index contributed by atoms with van der Waals surface area (Å²) in [5.41, 5.74) is 0. The van der Waals surface area contributed by atoms with Crippen molar-refractivity contribution >= 4 is 18.8 Å². The minimum absolute atomic E-state index is 0.0393. The fourth-order valence-electron chi connectivity index (χ4n) is 3.49. The van der Waals surface area contributed by atoms with Crippen LogP contribution in [0.1, 0.15) is 19.8 Å². The van der Waals surface area contributed by atoms with Gasteiger partial charge in [-0.1, -0.05) is 6.92 Å². The van der Waals surface area contributed by atoms with Crippen molar-refractivity contribution in [1.29, 1.82) is 0 Å². The minimum Gasteiger partial charge on any atom is -0.389 e. The van der Waals surface area contributed by atoms with E-state index in [4.69, 9.17) is 18.0 Å². The van der Waals surface area contributed by atoms with Crippen LogP contribution in [0.4, 0.5) is 74.6 Å². The average Bonchev–Trinajstić information content (AvgIpc) is 2.93. The first-order chi connectivity index (χ1) is 20.7. The summed E-state index contributed by atoms with van der Waals surface area (Å²) in [6.45, 7) is -3.59. The predicted molar refractivity (Wildman–Crippen MR) is 124 cm³/mol. The zero-order chi connectivity index (χ0) is 37.9. The first-order valence-corrected chi connectivity index (χ1v) is 15.7. The van der Waals surface area contributed by atoms with Crippen LogP contribution in [0.25, 0.3) is 0 Å². The Labute approximate surface area is 256 Å². The molecule has 1 N–H and O–H groups in total. The molecule has 0 fully saturated rings. The summed E-state index contributed by atoms with van der Waals surface area (Å²) in [6.07, 6.45) is -10.9. The van der Waals surface area contributed by atoms with Gasteiger partial charge in [0, 0.05) is 47.1 Å². The van der Waals surface area contributed by atoms with Crippen molar-refractivity contribution in [3.05, 3.63) is 0 Å². The highest BCUT2D eigenvalue weighted by atomic mass is 32.2. The fraction of sp³-hybridized carbons (Fsp3) is 1.00. The van der Waals surface area contributed by atoms with E-state index in [1.807, 2.05) is 0 Å². The molecule has 284 valence electrons. The van der Waals surface area contributed by atoms with Crippen LogP contribution in [0.3, 0.4) is 0 Å². The minimum atomic E-state index is -8.93. The molecule has 0 aromatic rings. The second kappa shape index (κ2) is 14.9. The van der Waals surface area contributed by atoms with E-state index < -0.39 is 102 Å². The Morgan fingerprint density at radius 3 is 1.43 bits per heavy atom. The summed E-state index contributed by atoms with van der Waals surface area (Å²) < 4.78 is 275. The van der Waals surface area contributed by atoms with Gasteiger partial charge < -0.3 is 23.1 Å². The van der Waals surface area contributed by atoms with Gasteiger partial charge in [-0.3, -0.25) is 0 Å². The molecule has 0 radical (unpaired) electrons. The van der Waals surface area contributed by atoms with Crippen molar-refractivity contribution in [3.8, 4) is 0 Å². The van der Waals surface area contributed by atoms with Gasteiger partial charge in [0.05, 0.1) is 12.7 Å². The number of sulfonamides is 1. The van der Waals surface area contributed by atoms with E-state index in [0.717, 1.165) is 6.92 Å². The Hall–Kier alpha value is -1.26. The third kappa shape index (κ3) is 7.89. The molecule has 0 rings (SSSR count). The molecule has 47 heavy (non-hydrogen) atoms. The maximum atomic E-state index is 14.6. The Bertz CT molecular complexity index is 1110. The smallest absolute Gasteiger partial charge is 0.389 e. The van der Waals surface area contributed by atoms with Crippen molar-refractivity contribution in [3.63, 3.8) is 0 Å². The first-order valence-electron chi connectivity index (χ1n) is 12.4. The Kier molecular flexibility index (Phi) is 14.5. The summed E-state index contributed by atoms with van der Waals surface area (Å²) >= 11 is 0. The van der Waals surface area contributed by atoms with Gasteiger partial charge in [0.15, 0.2) is 0 Å². The maximum absolute atomic E-state index is 14.6. The van der Waals surface area contributed by atoms with Crippen molar-refractivity contribution < 1.29 is 106 Å². The molecule has 0 aliphatic carbocycles. The number of nitrogens with zero attached hydrogens (tertiary/aromatic N) is 1. The Balaban J connectivity index is 6.39. The van der Waals surface area contributed by atoms with Gasteiger partial charge in [0.1, 0.15) is 0 Å². The highest BCUT2D eigenvalue weighted by Gasteiger charge is 2.96. The lowest BCUT2D eigenvalue weighted by Crippen LogP contribution is -2.75. The van der Waals surface area contributed by atoms with Crippen LogP contribution in [0.5, 0.6) is 0 Å². The molecule has 0 saturated heterocycles. The number of ether oxygens (including phenoxy) is 1. The normalized spacial score (nSPS) is 16.2. The molecular weight excluding hydrogens is 749 g/mol. The quantitative estimate of drug-likeness (QED) is 0.0917. The standard InChI is InChI=1S/C20H28F17NO7SSi/c1-5-7-38(10-12(39)11-45-8-6-9-47(42-2,43-3)44-4)46(40,41)20(36,37)18(31,32)16(27,28)14(23,24)13(21,22)15(25,26)17(29,30)19(33,34)35/h12,39H,5-11H2,1-4H3. The molecule has 0 aromatic heterocycles. The van der Waals surface area contributed by atoms with Gasteiger partial charge in [-0.05, 0) is 12.8 Å². The molecule has 0 aliphatic rings. The Morgan fingerprint density at radius 2 is 1.06 bits per heavy atom. The number of halogens is 17. The van der Waals surface area contributed by atoms with Gasteiger partial charge >= 0.3 is 55.8 Å². The van der Waals surface area contributed by atoms with Gasteiger partial charge in [0.2, 0.25) is 0 Å².